The number of imidazole rings is 1. The minimum atomic E-state index is 0.262. The maximum absolute atomic E-state index is 9.33. The molecule has 0 saturated carbocycles. The normalized spacial score (nSPS) is 11.1. The number of hydrogen-bond donors (Lipinski definition) is 3. The summed E-state index contributed by atoms with van der Waals surface area (Å²) >= 11 is 3.43. The van der Waals surface area contributed by atoms with Gasteiger partial charge < -0.3 is 15.1 Å². The van der Waals surface area contributed by atoms with Gasteiger partial charge in [-0.3, -0.25) is 0 Å². The predicted molar refractivity (Wildman–Crippen MR) is 92.0 cm³/mol. The van der Waals surface area contributed by atoms with E-state index in [0.29, 0.717) is 28.3 Å². The summed E-state index contributed by atoms with van der Waals surface area (Å²) in [6.45, 7) is 2.77. The Labute approximate surface area is 141 Å². The van der Waals surface area contributed by atoms with E-state index in [-0.39, 0.29) is 5.75 Å². The zero-order valence-electron chi connectivity index (χ0n) is 12.6. The number of aromatic hydroxyl groups is 1. The van der Waals surface area contributed by atoms with E-state index in [4.69, 9.17) is 5.84 Å². The highest BCUT2D eigenvalue weighted by Crippen LogP contribution is 2.24. The molecule has 120 valence electrons. The molecular formula is C15H17BrN6O. The average Bonchev–Trinajstić information content (AvgIpc) is 2.88. The Kier molecular flexibility index (Phi) is 4.44. The van der Waals surface area contributed by atoms with E-state index in [1.807, 2.05) is 23.6 Å². The van der Waals surface area contributed by atoms with Crippen molar-refractivity contribution in [1.82, 2.24) is 19.5 Å². The minimum absolute atomic E-state index is 0.262. The third kappa shape index (κ3) is 3.13. The van der Waals surface area contributed by atoms with Crippen LogP contribution in [0.4, 0.5) is 5.82 Å². The Morgan fingerprint density at radius 3 is 2.57 bits per heavy atom. The van der Waals surface area contributed by atoms with Gasteiger partial charge in [0.1, 0.15) is 11.6 Å². The van der Waals surface area contributed by atoms with E-state index < -0.39 is 0 Å². The van der Waals surface area contributed by atoms with Gasteiger partial charge in [0.15, 0.2) is 21.7 Å². The Morgan fingerprint density at radius 1 is 1.17 bits per heavy atom. The number of nitrogens with one attached hydrogen (secondary N) is 1. The van der Waals surface area contributed by atoms with Crippen molar-refractivity contribution in [3.05, 3.63) is 40.4 Å². The number of hydrazine groups is 1. The topological polar surface area (TPSA) is 102 Å². The van der Waals surface area contributed by atoms with Gasteiger partial charge in [0.25, 0.3) is 0 Å². The first-order valence-electron chi connectivity index (χ1n) is 7.29. The number of halogens is 1. The molecule has 0 aliphatic rings. The van der Waals surface area contributed by atoms with Gasteiger partial charge in [0.2, 0.25) is 0 Å². The first-order valence-corrected chi connectivity index (χ1v) is 8.08. The SMILES string of the molecule is CCn1c(Br)nc2c(NN)nc(CCc3ccc(O)cc3)nc21. The number of phenolic OH excluding ortho intramolecular Hbond substituents is 1. The summed E-state index contributed by atoms with van der Waals surface area (Å²) in [5.41, 5.74) is 5.11. The number of fused-ring (bicyclic) bond motifs is 1. The van der Waals surface area contributed by atoms with Crippen LogP contribution in [0.25, 0.3) is 11.2 Å². The molecule has 3 aromatic rings. The van der Waals surface area contributed by atoms with Gasteiger partial charge in [-0.2, -0.15) is 0 Å². The highest BCUT2D eigenvalue weighted by Gasteiger charge is 2.15. The molecule has 0 saturated heterocycles. The van der Waals surface area contributed by atoms with Gasteiger partial charge in [0.05, 0.1) is 0 Å². The van der Waals surface area contributed by atoms with Gasteiger partial charge in [-0.05, 0) is 47.0 Å². The largest absolute Gasteiger partial charge is 0.508 e. The lowest BCUT2D eigenvalue weighted by atomic mass is 10.1. The summed E-state index contributed by atoms with van der Waals surface area (Å²) in [4.78, 5) is 13.5. The summed E-state index contributed by atoms with van der Waals surface area (Å²) in [6.07, 6.45) is 1.44. The number of nitrogens with zero attached hydrogens (tertiary/aromatic N) is 4. The van der Waals surface area contributed by atoms with E-state index in [1.165, 1.54) is 0 Å². The van der Waals surface area contributed by atoms with E-state index >= 15 is 0 Å². The van der Waals surface area contributed by atoms with Crippen LogP contribution in [0.15, 0.2) is 29.0 Å². The van der Waals surface area contributed by atoms with Crippen LogP contribution < -0.4 is 11.3 Å². The molecule has 2 heterocycles. The molecule has 0 spiro atoms. The van der Waals surface area contributed by atoms with Crippen molar-refractivity contribution in [1.29, 1.82) is 0 Å². The van der Waals surface area contributed by atoms with Gasteiger partial charge in [-0.1, -0.05) is 12.1 Å². The Bertz CT molecular complexity index is 830. The standard InChI is InChI=1S/C15H17BrN6O/c1-2-22-14-12(20-15(22)16)13(21-17)18-11(19-14)8-5-9-3-6-10(23)7-4-9/h3-4,6-7,23H,2,5,8,17H2,1H3,(H,18,19,21). The number of hydrogen-bond acceptors (Lipinski definition) is 6. The molecular weight excluding hydrogens is 360 g/mol. The molecule has 8 heteroatoms. The molecule has 0 unspecified atom stereocenters. The lowest BCUT2D eigenvalue weighted by Crippen LogP contribution is -2.12. The zero-order chi connectivity index (χ0) is 16.4. The number of nitrogens with two attached hydrogens (primary N) is 1. The maximum Gasteiger partial charge on any atom is 0.179 e. The number of aromatic nitrogens is 4. The van der Waals surface area contributed by atoms with Gasteiger partial charge in [0, 0.05) is 13.0 Å². The van der Waals surface area contributed by atoms with Crippen molar-refractivity contribution < 1.29 is 5.11 Å². The monoisotopic (exact) mass is 376 g/mol. The van der Waals surface area contributed by atoms with Crippen LogP contribution in [-0.2, 0) is 19.4 Å². The summed E-state index contributed by atoms with van der Waals surface area (Å²) in [5.74, 6) is 7.05. The summed E-state index contributed by atoms with van der Waals surface area (Å²) in [7, 11) is 0. The molecule has 23 heavy (non-hydrogen) atoms. The molecule has 0 radical (unpaired) electrons. The number of aryl methyl sites for hydroxylation is 3. The summed E-state index contributed by atoms with van der Waals surface area (Å²) < 4.78 is 2.67. The van der Waals surface area contributed by atoms with Crippen LogP contribution in [-0.4, -0.2) is 24.6 Å². The van der Waals surface area contributed by atoms with Crippen LogP contribution in [0.2, 0.25) is 0 Å². The summed E-state index contributed by atoms with van der Waals surface area (Å²) in [5, 5.41) is 9.33. The molecule has 0 aliphatic carbocycles. The minimum Gasteiger partial charge on any atom is -0.508 e. The van der Waals surface area contributed by atoms with Crippen LogP contribution in [0.5, 0.6) is 5.75 Å². The average molecular weight is 377 g/mol. The van der Waals surface area contributed by atoms with Crippen LogP contribution in [0.3, 0.4) is 0 Å². The number of phenols is 1. The van der Waals surface area contributed by atoms with Crippen LogP contribution in [0, 0.1) is 0 Å². The van der Waals surface area contributed by atoms with Gasteiger partial charge >= 0.3 is 0 Å². The fraction of sp³-hybridized carbons (Fsp3) is 0.267. The molecule has 0 aliphatic heterocycles. The van der Waals surface area contributed by atoms with Crippen molar-refractivity contribution in [2.45, 2.75) is 26.3 Å². The maximum atomic E-state index is 9.33. The number of anilines is 1. The zero-order valence-corrected chi connectivity index (χ0v) is 14.2. The summed E-state index contributed by atoms with van der Waals surface area (Å²) in [6, 6.07) is 7.14. The Balaban J connectivity index is 1.92. The molecule has 4 N–H and O–H groups in total. The highest BCUT2D eigenvalue weighted by atomic mass is 79.9. The quantitative estimate of drug-likeness (QED) is 0.359. The molecule has 0 amide bonds. The number of nitrogen functional groups attached to an aromatic ring is 1. The molecule has 3 rings (SSSR count). The Morgan fingerprint density at radius 2 is 1.91 bits per heavy atom. The first kappa shape index (κ1) is 15.7. The first-order chi connectivity index (χ1) is 11.1. The molecule has 0 fully saturated rings. The lowest BCUT2D eigenvalue weighted by Gasteiger charge is -2.06. The van der Waals surface area contributed by atoms with E-state index in [9.17, 15) is 5.11 Å². The Hall–Kier alpha value is -2.19. The molecule has 7 nitrogen and oxygen atoms in total. The third-order valence-corrected chi connectivity index (χ3v) is 4.23. The van der Waals surface area contributed by atoms with Gasteiger partial charge in [-0.15, -0.1) is 0 Å². The van der Waals surface area contributed by atoms with E-state index in [0.717, 1.165) is 24.2 Å². The molecule has 1 aromatic carbocycles. The van der Waals surface area contributed by atoms with Gasteiger partial charge in [-0.25, -0.2) is 20.8 Å². The van der Waals surface area contributed by atoms with Crippen molar-refractivity contribution >= 4 is 32.9 Å². The van der Waals surface area contributed by atoms with Crippen molar-refractivity contribution in [3.63, 3.8) is 0 Å². The lowest BCUT2D eigenvalue weighted by molar-refractivity contribution is 0.475. The fourth-order valence-electron chi connectivity index (χ4n) is 2.43. The predicted octanol–water partition coefficient (Wildman–Crippen LogP) is 2.39. The van der Waals surface area contributed by atoms with Crippen LogP contribution >= 0.6 is 15.9 Å². The highest BCUT2D eigenvalue weighted by molar-refractivity contribution is 9.10. The second-order valence-electron chi connectivity index (χ2n) is 5.10. The van der Waals surface area contributed by atoms with Crippen LogP contribution in [0.1, 0.15) is 18.3 Å². The van der Waals surface area contributed by atoms with Crippen molar-refractivity contribution in [3.8, 4) is 5.75 Å². The molecule has 2 aromatic heterocycles. The van der Waals surface area contributed by atoms with Crippen molar-refractivity contribution in [2.75, 3.05) is 5.43 Å². The number of benzene rings is 1. The smallest absolute Gasteiger partial charge is 0.179 e. The van der Waals surface area contributed by atoms with E-state index in [2.05, 4.69) is 36.3 Å². The third-order valence-electron chi connectivity index (χ3n) is 3.62. The van der Waals surface area contributed by atoms with E-state index in [1.54, 1.807) is 12.1 Å². The fourth-order valence-corrected chi connectivity index (χ4v) is 3.03. The number of rotatable bonds is 5. The molecule has 0 bridgehead atoms. The molecule has 0 atom stereocenters. The second kappa shape index (κ2) is 6.51. The van der Waals surface area contributed by atoms with Crippen molar-refractivity contribution in [2.24, 2.45) is 5.84 Å². The second-order valence-corrected chi connectivity index (χ2v) is 5.81.